The average molecular weight is 412 g/mol. The monoisotopic (exact) mass is 411 g/mol. The van der Waals surface area contributed by atoms with Crippen LogP contribution in [0.2, 0.25) is 10.0 Å². The Labute approximate surface area is 173 Å². The van der Waals surface area contributed by atoms with Gasteiger partial charge in [-0.25, -0.2) is 10.4 Å². The number of benzene rings is 2. The SMILES string of the molecule is Cc1cc(/C=N\Nc2nc3ccccc3n2C)c(C)n1-c1ccc(Cl)c(Cl)c1. The minimum atomic E-state index is 0.533. The highest BCUT2D eigenvalue weighted by Gasteiger charge is 2.11. The second-order valence-corrected chi connectivity index (χ2v) is 7.43. The molecule has 142 valence electrons. The van der Waals surface area contributed by atoms with Crippen molar-refractivity contribution in [2.45, 2.75) is 13.8 Å². The van der Waals surface area contributed by atoms with E-state index >= 15 is 0 Å². The number of hydrogen-bond acceptors (Lipinski definition) is 3. The molecule has 0 fully saturated rings. The summed E-state index contributed by atoms with van der Waals surface area (Å²) in [4.78, 5) is 4.56. The van der Waals surface area contributed by atoms with E-state index < -0.39 is 0 Å². The summed E-state index contributed by atoms with van der Waals surface area (Å²) in [5, 5.41) is 5.47. The fraction of sp³-hybridized carbons (Fsp3) is 0.143. The van der Waals surface area contributed by atoms with E-state index in [4.69, 9.17) is 23.2 Å². The van der Waals surface area contributed by atoms with Crippen molar-refractivity contribution >= 4 is 46.4 Å². The molecule has 1 N–H and O–H groups in total. The second-order valence-electron chi connectivity index (χ2n) is 6.61. The van der Waals surface area contributed by atoms with Crippen LogP contribution in [-0.4, -0.2) is 20.3 Å². The number of imidazole rings is 1. The number of aryl methyl sites for hydroxylation is 2. The summed E-state index contributed by atoms with van der Waals surface area (Å²) in [6.07, 6.45) is 1.80. The van der Waals surface area contributed by atoms with Gasteiger partial charge in [0.15, 0.2) is 0 Å². The largest absolute Gasteiger partial charge is 0.318 e. The lowest BCUT2D eigenvalue weighted by Crippen LogP contribution is -2.01. The molecule has 7 heteroatoms. The standard InChI is InChI=1S/C21H19Cl2N5/c1-13-10-15(14(2)28(13)16-8-9-17(22)18(23)11-16)12-24-26-21-25-19-6-4-5-7-20(19)27(21)3/h4-12H,1-3H3,(H,25,26)/b24-12-. The van der Waals surface area contributed by atoms with Crippen LogP contribution in [0.3, 0.4) is 0 Å². The molecule has 0 saturated heterocycles. The van der Waals surface area contributed by atoms with Crippen LogP contribution in [0.25, 0.3) is 16.7 Å². The number of para-hydroxylation sites is 2. The van der Waals surface area contributed by atoms with Gasteiger partial charge in [-0.15, -0.1) is 0 Å². The number of nitrogens with zero attached hydrogens (tertiary/aromatic N) is 4. The topological polar surface area (TPSA) is 47.1 Å². The molecule has 4 aromatic rings. The molecule has 28 heavy (non-hydrogen) atoms. The Hall–Kier alpha value is -2.76. The predicted molar refractivity (Wildman–Crippen MR) is 117 cm³/mol. The molecule has 0 saturated carbocycles. The Morgan fingerprint density at radius 3 is 2.57 bits per heavy atom. The van der Waals surface area contributed by atoms with Gasteiger partial charge in [0.1, 0.15) is 0 Å². The van der Waals surface area contributed by atoms with E-state index in [1.165, 1.54) is 0 Å². The van der Waals surface area contributed by atoms with Gasteiger partial charge >= 0.3 is 0 Å². The summed E-state index contributed by atoms with van der Waals surface area (Å²) in [5.74, 6) is 0.691. The van der Waals surface area contributed by atoms with Gasteiger partial charge < -0.3 is 9.13 Å². The van der Waals surface area contributed by atoms with E-state index in [1.807, 2.05) is 61.9 Å². The van der Waals surface area contributed by atoms with Crippen molar-refractivity contribution in [3.8, 4) is 5.69 Å². The van der Waals surface area contributed by atoms with Crippen molar-refractivity contribution in [1.29, 1.82) is 0 Å². The number of aromatic nitrogens is 3. The van der Waals surface area contributed by atoms with E-state index in [0.717, 1.165) is 33.7 Å². The molecule has 0 aliphatic rings. The molecule has 0 radical (unpaired) electrons. The maximum atomic E-state index is 6.18. The Kier molecular flexibility index (Phi) is 4.87. The summed E-state index contributed by atoms with van der Waals surface area (Å²) in [7, 11) is 1.96. The number of hydrogen-bond donors (Lipinski definition) is 1. The summed E-state index contributed by atoms with van der Waals surface area (Å²) < 4.78 is 4.10. The lowest BCUT2D eigenvalue weighted by atomic mass is 10.2. The van der Waals surface area contributed by atoms with Crippen LogP contribution in [0, 0.1) is 13.8 Å². The molecule has 2 aromatic heterocycles. The third kappa shape index (κ3) is 3.28. The molecule has 0 spiro atoms. The van der Waals surface area contributed by atoms with Crippen molar-refractivity contribution in [1.82, 2.24) is 14.1 Å². The molecule has 2 aromatic carbocycles. The zero-order chi connectivity index (χ0) is 19.8. The summed E-state index contributed by atoms with van der Waals surface area (Å²) in [6.45, 7) is 4.09. The molecule has 2 heterocycles. The molecule has 5 nitrogen and oxygen atoms in total. The number of halogens is 2. The Balaban J connectivity index is 1.61. The van der Waals surface area contributed by atoms with Gasteiger partial charge in [0.05, 0.1) is 27.3 Å². The van der Waals surface area contributed by atoms with Crippen molar-refractivity contribution in [2.24, 2.45) is 12.1 Å². The fourth-order valence-corrected chi connectivity index (χ4v) is 3.64. The van der Waals surface area contributed by atoms with Crippen molar-refractivity contribution in [3.05, 3.63) is 75.5 Å². The molecule has 0 unspecified atom stereocenters. The first kappa shape index (κ1) is 18.6. The Bertz CT molecular complexity index is 1200. The molecular weight excluding hydrogens is 393 g/mol. The number of anilines is 1. The second kappa shape index (κ2) is 7.34. The number of rotatable bonds is 4. The van der Waals surface area contributed by atoms with E-state index in [9.17, 15) is 0 Å². The summed E-state index contributed by atoms with van der Waals surface area (Å²) in [6, 6.07) is 15.7. The van der Waals surface area contributed by atoms with Crippen LogP contribution >= 0.6 is 23.2 Å². The third-order valence-corrected chi connectivity index (χ3v) is 5.53. The van der Waals surface area contributed by atoms with Gasteiger partial charge in [0.2, 0.25) is 5.95 Å². The molecule has 0 aliphatic carbocycles. The molecule has 4 rings (SSSR count). The zero-order valence-corrected chi connectivity index (χ0v) is 17.3. The predicted octanol–water partition coefficient (Wildman–Crippen LogP) is 5.73. The smallest absolute Gasteiger partial charge is 0.224 e. The fourth-order valence-electron chi connectivity index (χ4n) is 3.34. The van der Waals surface area contributed by atoms with E-state index in [0.29, 0.717) is 16.0 Å². The van der Waals surface area contributed by atoms with Crippen molar-refractivity contribution in [3.63, 3.8) is 0 Å². The first-order chi connectivity index (χ1) is 13.5. The maximum Gasteiger partial charge on any atom is 0.224 e. The normalized spacial score (nSPS) is 11.6. The van der Waals surface area contributed by atoms with Crippen LogP contribution in [0.15, 0.2) is 53.6 Å². The van der Waals surface area contributed by atoms with E-state index in [-0.39, 0.29) is 0 Å². The summed E-state index contributed by atoms with van der Waals surface area (Å²) >= 11 is 12.2. The van der Waals surface area contributed by atoms with Crippen LogP contribution < -0.4 is 5.43 Å². The molecule has 0 amide bonds. The number of hydrazone groups is 1. The molecule has 0 atom stereocenters. The van der Waals surface area contributed by atoms with Gasteiger partial charge in [-0.3, -0.25) is 0 Å². The first-order valence-electron chi connectivity index (χ1n) is 8.80. The van der Waals surface area contributed by atoms with Crippen LogP contribution in [0.1, 0.15) is 17.0 Å². The first-order valence-corrected chi connectivity index (χ1v) is 9.56. The van der Waals surface area contributed by atoms with Crippen LogP contribution in [0.4, 0.5) is 5.95 Å². The molecule has 0 bridgehead atoms. The Morgan fingerprint density at radius 2 is 1.82 bits per heavy atom. The van der Waals surface area contributed by atoms with Gasteiger partial charge in [-0.2, -0.15) is 5.10 Å². The minimum absolute atomic E-state index is 0.533. The molecule has 0 aliphatic heterocycles. The van der Waals surface area contributed by atoms with Gasteiger partial charge in [-0.05, 0) is 50.2 Å². The number of nitrogens with one attached hydrogen (secondary N) is 1. The highest BCUT2D eigenvalue weighted by molar-refractivity contribution is 6.42. The van der Waals surface area contributed by atoms with Crippen LogP contribution in [-0.2, 0) is 7.05 Å². The lowest BCUT2D eigenvalue weighted by Gasteiger charge is -2.10. The Morgan fingerprint density at radius 1 is 1.04 bits per heavy atom. The third-order valence-electron chi connectivity index (χ3n) is 4.79. The zero-order valence-electron chi connectivity index (χ0n) is 15.7. The quantitative estimate of drug-likeness (QED) is 0.344. The summed E-state index contributed by atoms with van der Waals surface area (Å²) in [5.41, 5.74) is 9.14. The maximum absolute atomic E-state index is 6.18. The highest BCUT2D eigenvalue weighted by atomic mass is 35.5. The average Bonchev–Trinajstić information content (AvgIpc) is 3.14. The van der Waals surface area contributed by atoms with Gasteiger partial charge in [0.25, 0.3) is 0 Å². The van der Waals surface area contributed by atoms with Crippen molar-refractivity contribution in [2.75, 3.05) is 5.43 Å². The highest BCUT2D eigenvalue weighted by Crippen LogP contribution is 2.27. The molecular formula is C21H19Cl2N5. The van der Waals surface area contributed by atoms with Crippen LogP contribution in [0.5, 0.6) is 0 Å². The van der Waals surface area contributed by atoms with Gasteiger partial charge in [0, 0.05) is 29.7 Å². The number of fused-ring (bicyclic) bond motifs is 1. The minimum Gasteiger partial charge on any atom is -0.318 e. The lowest BCUT2D eigenvalue weighted by molar-refractivity contribution is 0.943. The van der Waals surface area contributed by atoms with E-state index in [1.54, 1.807) is 12.3 Å². The van der Waals surface area contributed by atoms with E-state index in [2.05, 4.69) is 26.1 Å². The van der Waals surface area contributed by atoms with Crippen molar-refractivity contribution < 1.29 is 0 Å². The van der Waals surface area contributed by atoms with Gasteiger partial charge in [-0.1, -0.05) is 35.3 Å².